The molecule has 18 heavy (non-hydrogen) atoms. The van der Waals surface area contributed by atoms with Gasteiger partial charge in [-0.2, -0.15) is 0 Å². The summed E-state index contributed by atoms with van der Waals surface area (Å²) in [6, 6.07) is 14.7. The van der Waals surface area contributed by atoms with Gasteiger partial charge in [-0.3, -0.25) is 0 Å². The highest BCUT2D eigenvalue weighted by atomic mass is 79.9. The summed E-state index contributed by atoms with van der Waals surface area (Å²) in [5.74, 6) is 0. The van der Waals surface area contributed by atoms with Crippen molar-refractivity contribution in [2.45, 2.75) is 18.2 Å². The second-order valence-corrected chi connectivity index (χ2v) is 6.31. The minimum Gasteiger partial charge on any atom is -0.0831 e. The SMILES string of the molecule is CCc1ccc(C(Br)c2ccc(Cl)c(Br)c2)cc1. The normalized spacial score (nSPS) is 12.4. The number of hydrogen-bond donors (Lipinski definition) is 0. The Morgan fingerprint density at radius 1 is 1.06 bits per heavy atom. The third kappa shape index (κ3) is 3.17. The predicted molar refractivity (Wildman–Crippen MR) is 85.7 cm³/mol. The third-order valence-corrected chi connectivity index (χ3v) is 5.19. The molecular formula is C15H13Br2Cl. The van der Waals surface area contributed by atoms with Gasteiger partial charge >= 0.3 is 0 Å². The Morgan fingerprint density at radius 3 is 2.22 bits per heavy atom. The molecule has 0 bridgehead atoms. The smallest absolute Gasteiger partial charge is 0.0645 e. The molecule has 0 spiro atoms. The summed E-state index contributed by atoms with van der Waals surface area (Å²) < 4.78 is 0.927. The van der Waals surface area contributed by atoms with Gasteiger partial charge in [0, 0.05) is 4.47 Å². The van der Waals surface area contributed by atoms with Gasteiger partial charge in [0.2, 0.25) is 0 Å². The molecule has 2 rings (SSSR count). The van der Waals surface area contributed by atoms with Gasteiger partial charge in [0.15, 0.2) is 0 Å². The van der Waals surface area contributed by atoms with E-state index in [1.807, 2.05) is 12.1 Å². The van der Waals surface area contributed by atoms with Crippen LogP contribution in [0.2, 0.25) is 5.02 Å². The first-order chi connectivity index (χ1) is 8.61. The van der Waals surface area contributed by atoms with E-state index in [0.29, 0.717) is 0 Å². The van der Waals surface area contributed by atoms with E-state index in [-0.39, 0.29) is 4.83 Å². The quantitative estimate of drug-likeness (QED) is 0.553. The molecule has 1 atom stereocenters. The van der Waals surface area contributed by atoms with Crippen LogP contribution in [-0.4, -0.2) is 0 Å². The summed E-state index contributed by atoms with van der Waals surface area (Å²) in [7, 11) is 0. The zero-order valence-electron chi connectivity index (χ0n) is 9.96. The topological polar surface area (TPSA) is 0 Å². The summed E-state index contributed by atoms with van der Waals surface area (Å²) >= 11 is 13.2. The van der Waals surface area contributed by atoms with Gasteiger partial charge in [0.05, 0.1) is 9.85 Å². The van der Waals surface area contributed by atoms with Crippen molar-refractivity contribution in [3.05, 3.63) is 68.7 Å². The van der Waals surface area contributed by atoms with Crippen LogP contribution >= 0.6 is 43.5 Å². The molecule has 0 nitrogen and oxygen atoms in total. The molecule has 3 heteroatoms. The molecule has 0 amide bonds. The minimum atomic E-state index is 0.192. The zero-order chi connectivity index (χ0) is 13.1. The summed E-state index contributed by atoms with van der Waals surface area (Å²) in [6.07, 6.45) is 1.07. The van der Waals surface area contributed by atoms with Gasteiger partial charge in [0.25, 0.3) is 0 Å². The molecule has 0 aliphatic rings. The Morgan fingerprint density at radius 2 is 1.67 bits per heavy atom. The van der Waals surface area contributed by atoms with Crippen molar-refractivity contribution in [2.24, 2.45) is 0 Å². The third-order valence-electron chi connectivity index (χ3n) is 2.92. The Labute approximate surface area is 130 Å². The predicted octanol–water partition coefficient (Wildman–Crippen LogP) is 6.15. The molecule has 2 aromatic carbocycles. The van der Waals surface area contributed by atoms with Gasteiger partial charge in [-0.15, -0.1) is 0 Å². The standard InChI is InChI=1S/C15H13Br2Cl/c1-2-10-3-5-11(6-4-10)15(17)12-7-8-14(18)13(16)9-12/h3-9,15H,2H2,1H3. The van der Waals surface area contributed by atoms with Crippen LogP contribution in [0.4, 0.5) is 0 Å². The molecule has 94 valence electrons. The first kappa shape index (κ1) is 14.1. The van der Waals surface area contributed by atoms with Crippen molar-refractivity contribution >= 4 is 43.5 Å². The lowest BCUT2D eigenvalue weighted by atomic mass is 10.0. The lowest BCUT2D eigenvalue weighted by Crippen LogP contribution is -1.93. The van der Waals surface area contributed by atoms with Crippen LogP contribution in [-0.2, 0) is 6.42 Å². The average Bonchev–Trinajstić information content (AvgIpc) is 2.41. The maximum Gasteiger partial charge on any atom is 0.0645 e. The van der Waals surface area contributed by atoms with Crippen LogP contribution in [0, 0.1) is 0 Å². The van der Waals surface area contributed by atoms with Gasteiger partial charge in [-0.05, 0) is 51.2 Å². The van der Waals surface area contributed by atoms with Crippen LogP contribution in [0.25, 0.3) is 0 Å². The summed E-state index contributed by atoms with van der Waals surface area (Å²) in [5, 5.41) is 0.736. The van der Waals surface area contributed by atoms with Gasteiger partial charge in [0.1, 0.15) is 0 Å². The molecule has 0 aromatic heterocycles. The molecule has 0 aliphatic carbocycles. The second-order valence-electron chi connectivity index (χ2n) is 4.13. The molecule has 0 radical (unpaired) electrons. The van der Waals surface area contributed by atoms with Gasteiger partial charge < -0.3 is 0 Å². The molecule has 0 saturated heterocycles. The van der Waals surface area contributed by atoms with E-state index in [0.717, 1.165) is 15.9 Å². The molecule has 2 aromatic rings. The summed E-state index contributed by atoms with van der Waals surface area (Å²) in [4.78, 5) is 0.192. The van der Waals surface area contributed by atoms with Crippen molar-refractivity contribution in [3.63, 3.8) is 0 Å². The number of alkyl halides is 1. The van der Waals surface area contributed by atoms with E-state index >= 15 is 0 Å². The first-order valence-corrected chi connectivity index (χ1v) is 7.88. The molecule has 0 N–H and O–H groups in total. The second kappa shape index (κ2) is 6.23. The van der Waals surface area contributed by atoms with Gasteiger partial charge in [-0.1, -0.05) is 64.8 Å². The fourth-order valence-electron chi connectivity index (χ4n) is 1.78. The Hall–Kier alpha value is -0.310. The van der Waals surface area contributed by atoms with E-state index in [4.69, 9.17) is 11.6 Å². The van der Waals surface area contributed by atoms with Crippen molar-refractivity contribution in [1.82, 2.24) is 0 Å². The molecular weight excluding hydrogens is 375 g/mol. The Bertz CT molecular complexity index is 535. The highest BCUT2D eigenvalue weighted by Gasteiger charge is 2.11. The largest absolute Gasteiger partial charge is 0.0831 e. The van der Waals surface area contributed by atoms with Crippen molar-refractivity contribution in [2.75, 3.05) is 0 Å². The maximum absolute atomic E-state index is 6.01. The fourth-order valence-corrected chi connectivity index (χ4v) is 2.89. The number of aryl methyl sites for hydroxylation is 1. The zero-order valence-corrected chi connectivity index (χ0v) is 13.9. The molecule has 0 aliphatic heterocycles. The van der Waals surface area contributed by atoms with Crippen LogP contribution < -0.4 is 0 Å². The van der Waals surface area contributed by atoms with E-state index < -0.39 is 0 Å². The molecule has 0 fully saturated rings. The van der Waals surface area contributed by atoms with E-state index in [9.17, 15) is 0 Å². The maximum atomic E-state index is 6.01. The minimum absolute atomic E-state index is 0.192. The van der Waals surface area contributed by atoms with Crippen molar-refractivity contribution in [3.8, 4) is 0 Å². The fraction of sp³-hybridized carbons (Fsp3) is 0.200. The van der Waals surface area contributed by atoms with E-state index in [1.165, 1.54) is 16.7 Å². The number of rotatable bonds is 3. The monoisotopic (exact) mass is 386 g/mol. The first-order valence-electron chi connectivity index (χ1n) is 5.79. The van der Waals surface area contributed by atoms with Crippen LogP contribution in [0.1, 0.15) is 28.4 Å². The molecule has 0 heterocycles. The lowest BCUT2D eigenvalue weighted by molar-refractivity contribution is 1.11. The molecule has 1 unspecified atom stereocenters. The molecule has 0 saturated carbocycles. The van der Waals surface area contributed by atoms with E-state index in [1.54, 1.807) is 0 Å². The lowest BCUT2D eigenvalue weighted by Gasteiger charge is -2.12. The Kier molecular flexibility index (Phi) is 4.88. The number of benzene rings is 2. The summed E-state index contributed by atoms with van der Waals surface area (Å²) in [5.41, 5.74) is 3.80. The van der Waals surface area contributed by atoms with Crippen molar-refractivity contribution in [1.29, 1.82) is 0 Å². The van der Waals surface area contributed by atoms with E-state index in [2.05, 4.69) is 69.1 Å². The Balaban J connectivity index is 2.28. The number of halogens is 3. The van der Waals surface area contributed by atoms with Crippen LogP contribution in [0.5, 0.6) is 0 Å². The van der Waals surface area contributed by atoms with Crippen molar-refractivity contribution < 1.29 is 0 Å². The number of hydrogen-bond acceptors (Lipinski definition) is 0. The average molecular weight is 389 g/mol. The highest BCUT2D eigenvalue weighted by Crippen LogP contribution is 2.34. The van der Waals surface area contributed by atoms with Gasteiger partial charge in [-0.25, -0.2) is 0 Å². The van der Waals surface area contributed by atoms with Crippen LogP contribution in [0.3, 0.4) is 0 Å². The highest BCUT2D eigenvalue weighted by molar-refractivity contribution is 9.10. The van der Waals surface area contributed by atoms with Crippen LogP contribution in [0.15, 0.2) is 46.9 Å². The summed E-state index contributed by atoms with van der Waals surface area (Å²) in [6.45, 7) is 2.16.